The summed E-state index contributed by atoms with van der Waals surface area (Å²) in [5.74, 6) is -0.144. The summed E-state index contributed by atoms with van der Waals surface area (Å²) in [4.78, 5) is 22.3. The summed E-state index contributed by atoms with van der Waals surface area (Å²) in [6.45, 7) is 1.49. The van der Waals surface area contributed by atoms with Crippen LogP contribution in [0.3, 0.4) is 0 Å². The lowest BCUT2D eigenvalue weighted by molar-refractivity contribution is -0.384. The SMILES string of the molecule is CC(=O)C1=NN(c2ccc([N+](=O)[O-])cc2)[C@@]2(CCC(c3ccc(Br)cc3)=NN2c2ccccc2)S1. The minimum atomic E-state index is -0.850. The Bertz CT molecular complexity index is 1350. The van der Waals surface area contributed by atoms with Crippen molar-refractivity contribution in [3.05, 3.63) is 99.0 Å². The van der Waals surface area contributed by atoms with E-state index in [2.05, 4.69) is 21.0 Å². The summed E-state index contributed by atoms with van der Waals surface area (Å²) in [6, 6.07) is 24.0. The molecular formula is C25H20BrN5O3S. The van der Waals surface area contributed by atoms with Crippen LogP contribution in [0.2, 0.25) is 0 Å². The van der Waals surface area contributed by atoms with Crippen molar-refractivity contribution in [2.75, 3.05) is 10.0 Å². The molecule has 5 rings (SSSR count). The van der Waals surface area contributed by atoms with Crippen LogP contribution in [0.5, 0.6) is 0 Å². The zero-order valence-corrected chi connectivity index (χ0v) is 21.1. The number of hydrogen-bond donors (Lipinski definition) is 0. The van der Waals surface area contributed by atoms with Gasteiger partial charge in [-0.25, -0.2) is 10.0 Å². The molecule has 0 fully saturated rings. The molecule has 3 aromatic carbocycles. The van der Waals surface area contributed by atoms with Gasteiger partial charge in [-0.1, -0.05) is 46.3 Å². The van der Waals surface area contributed by atoms with Crippen molar-refractivity contribution < 1.29 is 9.72 Å². The van der Waals surface area contributed by atoms with Gasteiger partial charge < -0.3 is 0 Å². The predicted molar refractivity (Wildman–Crippen MR) is 143 cm³/mol. The number of carbonyl (C=O) groups is 1. The van der Waals surface area contributed by atoms with Gasteiger partial charge in [0.1, 0.15) is 0 Å². The quantitative estimate of drug-likeness (QED) is 0.279. The second-order valence-electron chi connectivity index (χ2n) is 8.09. The molecule has 0 bridgehead atoms. The van der Waals surface area contributed by atoms with Crippen LogP contribution in [0.15, 0.2) is 93.5 Å². The number of anilines is 2. The second kappa shape index (κ2) is 9.27. The van der Waals surface area contributed by atoms with E-state index in [0.717, 1.165) is 21.4 Å². The topological polar surface area (TPSA) is 91.4 Å². The van der Waals surface area contributed by atoms with E-state index in [-0.39, 0.29) is 11.5 Å². The summed E-state index contributed by atoms with van der Waals surface area (Å²) < 4.78 is 0.990. The van der Waals surface area contributed by atoms with E-state index >= 15 is 0 Å². The number of ketones is 1. The van der Waals surface area contributed by atoms with Gasteiger partial charge in [-0.2, -0.15) is 10.2 Å². The number of benzene rings is 3. The Hall–Kier alpha value is -3.50. The lowest BCUT2D eigenvalue weighted by Gasteiger charge is -2.46. The van der Waals surface area contributed by atoms with Crippen LogP contribution >= 0.6 is 27.7 Å². The van der Waals surface area contributed by atoms with E-state index in [1.54, 1.807) is 17.1 Å². The van der Waals surface area contributed by atoms with Crippen molar-refractivity contribution in [2.45, 2.75) is 24.8 Å². The maximum absolute atomic E-state index is 12.4. The number of para-hydroxylation sites is 1. The highest BCUT2D eigenvalue weighted by atomic mass is 79.9. The van der Waals surface area contributed by atoms with E-state index in [1.165, 1.54) is 30.8 Å². The average molecular weight is 550 g/mol. The van der Waals surface area contributed by atoms with Crippen LogP contribution in [-0.4, -0.2) is 26.5 Å². The number of rotatable bonds is 5. The smallest absolute Gasteiger partial charge is 0.269 e. The average Bonchev–Trinajstić information content (AvgIpc) is 3.25. The first-order chi connectivity index (χ1) is 16.9. The molecule has 35 heavy (non-hydrogen) atoms. The fourth-order valence-corrected chi connectivity index (χ4v) is 5.61. The number of nitrogens with zero attached hydrogens (tertiary/aromatic N) is 5. The highest BCUT2D eigenvalue weighted by Crippen LogP contribution is 2.50. The van der Waals surface area contributed by atoms with E-state index < -0.39 is 9.92 Å². The molecule has 1 atom stereocenters. The lowest BCUT2D eigenvalue weighted by Crippen LogP contribution is -2.56. The summed E-state index contributed by atoms with van der Waals surface area (Å²) >= 11 is 4.85. The molecule has 0 aliphatic carbocycles. The number of halogens is 1. The fraction of sp³-hybridized carbons (Fsp3) is 0.160. The zero-order valence-electron chi connectivity index (χ0n) is 18.7. The number of nitro benzene ring substituents is 1. The fourth-order valence-electron chi connectivity index (χ4n) is 4.10. The van der Waals surface area contributed by atoms with Crippen molar-refractivity contribution in [2.24, 2.45) is 10.2 Å². The predicted octanol–water partition coefficient (Wildman–Crippen LogP) is 6.17. The highest BCUT2D eigenvalue weighted by molar-refractivity contribution is 9.10. The maximum atomic E-state index is 12.4. The number of non-ortho nitro benzene ring substituents is 1. The molecule has 1 spiro atoms. The van der Waals surface area contributed by atoms with Crippen LogP contribution in [0.1, 0.15) is 25.3 Å². The Balaban J connectivity index is 1.64. The third-order valence-electron chi connectivity index (χ3n) is 5.81. The molecule has 3 aromatic rings. The Morgan fingerprint density at radius 2 is 1.60 bits per heavy atom. The molecule has 0 radical (unpaired) electrons. The summed E-state index contributed by atoms with van der Waals surface area (Å²) in [7, 11) is 0. The maximum Gasteiger partial charge on any atom is 0.269 e. The normalized spacial score (nSPS) is 19.5. The largest absolute Gasteiger partial charge is 0.292 e. The minimum absolute atomic E-state index is 0.00970. The van der Waals surface area contributed by atoms with Gasteiger partial charge in [0.2, 0.25) is 4.99 Å². The van der Waals surface area contributed by atoms with Crippen molar-refractivity contribution >= 4 is 61.3 Å². The first-order valence-electron chi connectivity index (χ1n) is 10.9. The third kappa shape index (κ3) is 4.35. The number of hydrazone groups is 2. The third-order valence-corrected chi connectivity index (χ3v) is 7.77. The number of carbonyl (C=O) groups excluding carboxylic acids is 1. The molecule has 0 N–H and O–H groups in total. The molecule has 176 valence electrons. The minimum Gasteiger partial charge on any atom is -0.292 e. The Morgan fingerprint density at radius 1 is 0.971 bits per heavy atom. The number of hydrogen-bond acceptors (Lipinski definition) is 8. The zero-order chi connectivity index (χ0) is 24.6. The summed E-state index contributed by atoms with van der Waals surface area (Å²) in [5.41, 5.74) is 3.42. The van der Waals surface area contributed by atoms with Crippen molar-refractivity contribution in [1.29, 1.82) is 0 Å². The van der Waals surface area contributed by atoms with Crippen molar-refractivity contribution in [3.63, 3.8) is 0 Å². The molecule has 2 aliphatic heterocycles. The highest BCUT2D eigenvalue weighted by Gasteiger charge is 2.52. The standard InChI is InChI=1S/C25H20BrN5O3S/c1-17(32)24-28-30(21-11-13-22(14-12-21)31(33)34)25(35-24)16-15-23(18-7-9-19(26)10-8-18)27-29(25)20-5-3-2-4-6-20/h2-14H,15-16H2,1H3/t25-/m0/s1. The molecule has 0 unspecified atom stereocenters. The Labute approximate surface area is 214 Å². The van der Waals surface area contributed by atoms with Crippen LogP contribution in [0.25, 0.3) is 0 Å². The lowest BCUT2D eigenvalue weighted by atomic mass is 10.0. The molecule has 0 saturated carbocycles. The summed E-state index contributed by atoms with van der Waals surface area (Å²) in [5, 5.41) is 25.0. The first-order valence-corrected chi connectivity index (χ1v) is 12.5. The second-order valence-corrected chi connectivity index (χ2v) is 10.3. The first kappa shape index (κ1) is 23.3. The van der Waals surface area contributed by atoms with Crippen molar-refractivity contribution in [1.82, 2.24) is 0 Å². The Morgan fingerprint density at radius 3 is 2.23 bits per heavy atom. The number of nitro groups is 1. The van der Waals surface area contributed by atoms with Gasteiger partial charge in [-0.05, 0) is 60.1 Å². The monoisotopic (exact) mass is 549 g/mol. The Kier molecular flexibility index (Phi) is 6.16. The van der Waals surface area contributed by atoms with Crippen LogP contribution in [0, 0.1) is 10.1 Å². The molecule has 2 aliphatic rings. The van der Waals surface area contributed by atoms with Gasteiger partial charge in [0.15, 0.2) is 10.8 Å². The van der Waals surface area contributed by atoms with Gasteiger partial charge in [0.05, 0.1) is 22.0 Å². The molecule has 8 nitrogen and oxygen atoms in total. The molecule has 0 aromatic heterocycles. The van der Waals surface area contributed by atoms with E-state index in [0.29, 0.717) is 23.6 Å². The van der Waals surface area contributed by atoms with Gasteiger partial charge in [-0.3, -0.25) is 14.9 Å². The van der Waals surface area contributed by atoms with E-state index in [4.69, 9.17) is 5.10 Å². The molecule has 10 heteroatoms. The van der Waals surface area contributed by atoms with Crippen molar-refractivity contribution in [3.8, 4) is 0 Å². The van der Waals surface area contributed by atoms with Gasteiger partial charge >= 0.3 is 0 Å². The van der Waals surface area contributed by atoms with Gasteiger partial charge in [0.25, 0.3) is 5.69 Å². The van der Waals surface area contributed by atoms with Crippen LogP contribution in [0.4, 0.5) is 17.1 Å². The van der Waals surface area contributed by atoms with Crippen LogP contribution < -0.4 is 10.0 Å². The van der Waals surface area contributed by atoms with E-state index in [9.17, 15) is 14.9 Å². The van der Waals surface area contributed by atoms with Gasteiger partial charge in [0, 0.05) is 30.0 Å². The molecular weight excluding hydrogens is 530 g/mol. The number of Topliss-reactive ketones (excluding diaryl/α,β-unsaturated/α-hetero) is 1. The molecule has 0 saturated heterocycles. The molecule has 0 amide bonds. The number of thioether (sulfide) groups is 1. The van der Waals surface area contributed by atoms with Gasteiger partial charge in [-0.15, -0.1) is 0 Å². The molecule has 2 heterocycles. The summed E-state index contributed by atoms with van der Waals surface area (Å²) in [6.07, 6.45) is 1.26. The van der Waals surface area contributed by atoms with Crippen LogP contribution in [-0.2, 0) is 4.79 Å². The van der Waals surface area contributed by atoms with E-state index in [1.807, 2.05) is 59.6 Å².